The van der Waals surface area contributed by atoms with E-state index < -0.39 is 17.3 Å². The highest BCUT2D eigenvalue weighted by molar-refractivity contribution is 5.90. The summed E-state index contributed by atoms with van der Waals surface area (Å²) in [7, 11) is 0. The quantitative estimate of drug-likeness (QED) is 0.750. The van der Waals surface area contributed by atoms with Crippen molar-refractivity contribution in [3.63, 3.8) is 0 Å². The summed E-state index contributed by atoms with van der Waals surface area (Å²) >= 11 is 0. The first kappa shape index (κ1) is 19.5. The highest BCUT2D eigenvalue weighted by Crippen LogP contribution is 2.11. The van der Waals surface area contributed by atoms with Crippen molar-refractivity contribution in [2.45, 2.75) is 52.2 Å². The fraction of sp³-hybridized carbons (Fsp3) is 0.471. The average Bonchev–Trinajstić information content (AvgIpc) is 3.01. The molecule has 0 aromatic carbocycles. The van der Waals surface area contributed by atoms with E-state index in [1.807, 2.05) is 0 Å². The minimum Gasteiger partial charge on any atom is -0.460 e. The number of aromatic nitrogens is 3. The van der Waals surface area contributed by atoms with E-state index in [0.29, 0.717) is 12.8 Å². The second-order valence-electron chi connectivity index (χ2n) is 6.57. The predicted octanol–water partition coefficient (Wildman–Crippen LogP) is 2.20. The van der Waals surface area contributed by atoms with E-state index in [2.05, 4.69) is 20.4 Å². The third kappa shape index (κ3) is 6.23. The topological polar surface area (TPSA) is 107 Å². The molecule has 0 aliphatic rings. The van der Waals surface area contributed by atoms with Gasteiger partial charge in [0.25, 0.3) is 11.7 Å². The summed E-state index contributed by atoms with van der Waals surface area (Å²) < 4.78 is 23.6. The van der Waals surface area contributed by atoms with E-state index in [-0.39, 0.29) is 36.3 Å². The Morgan fingerprint density at radius 1 is 1.35 bits per heavy atom. The Morgan fingerprint density at radius 3 is 2.81 bits per heavy atom. The number of nitrogens with one attached hydrogen (secondary N) is 1. The summed E-state index contributed by atoms with van der Waals surface area (Å²) in [4.78, 5) is 31.4. The van der Waals surface area contributed by atoms with Gasteiger partial charge in [-0.2, -0.15) is 4.98 Å². The Morgan fingerprint density at radius 2 is 2.12 bits per heavy atom. The van der Waals surface area contributed by atoms with Gasteiger partial charge >= 0.3 is 5.97 Å². The zero-order valence-corrected chi connectivity index (χ0v) is 14.9. The van der Waals surface area contributed by atoms with Crippen molar-refractivity contribution in [1.29, 1.82) is 0 Å². The number of hydrogen-bond donors (Lipinski definition) is 1. The summed E-state index contributed by atoms with van der Waals surface area (Å²) in [5, 5.41) is 6.05. The number of amides is 1. The van der Waals surface area contributed by atoms with Gasteiger partial charge in [-0.05, 0) is 39.3 Å². The van der Waals surface area contributed by atoms with Crippen LogP contribution in [0.15, 0.2) is 22.9 Å². The summed E-state index contributed by atoms with van der Waals surface area (Å²) in [6, 6.07) is 2.72. The lowest BCUT2D eigenvalue weighted by Gasteiger charge is -2.19. The van der Waals surface area contributed by atoms with Crippen LogP contribution < -0.4 is 5.32 Å². The van der Waals surface area contributed by atoms with E-state index in [1.165, 1.54) is 18.3 Å². The molecular formula is C17H21FN4O4. The number of rotatable bonds is 7. The average molecular weight is 364 g/mol. The molecule has 0 aliphatic carbocycles. The molecule has 140 valence electrons. The third-order valence-corrected chi connectivity index (χ3v) is 3.11. The number of halogens is 1. The van der Waals surface area contributed by atoms with Crippen LogP contribution in [0.1, 0.15) is 55.8 Å². The minimum atomic E-state index is -0.600. The molecule has 8 nitrogen and oxygen atoms in total. The maximum absolute atomic E-state index is 13.5. The molecular weight excluding hydrogens is 343 g/mol. The van der Waals surface area contributed by atoms with Crippen LogP contribution in [0.4, 0.5) is 4.39 Å². The molecule has 9 heteroatoms. The molecule has 0 atom stereocenters. The van der Waals surface area contributed by atoms with Crippen LogP contribution in [0, 0.1) is 5.82 Å². The van der Waals surface area contributed by atoms with Gasteiger partial charge in [0.15, 0.2) is 0 Å². The molecule has 0 saturated carbocycles. The molecule has 2 rings (SSSR count). The maximum Gasteiger partial charge on any atom is 0.306 e. The van der Waals surface area contributed by atoms with Gasteiger partial charge in [0, 0.05) is 19.0 Å². The lowest BCUT2D eigenvalue weighted by atomic mass is 10.2. The van der Waals surface area contributed by atoms with Gasteiger partial charge < -0.3 is 14.6 Å². The van der Waals surface area contributed by atoms with Crippen LogP contribution in [0.5, 0.6) is 0 Å². The number of aryl methyl sites for hydroxylation is 1. The normalized spacial score (nSPS) is 11.2. The highest BCUT2D eigenvalue weighted by Gasteiger charge is 2.18. The molecule has 0 bridgehead atoms. The third-order valence-electron chi connectivity index (χ3n) is 3.11. The largest absolute Gasteiger partial charge is 0.460 e. The highest BCUT2D eigenvalue weighted by atomic mass is 19.1. The molecule has 0 fully saturated rings. The number of pyridine rings is 1. The van der Waals surface area contributed by atoms with Crippen molar-refractivity contribution >= 4 is 11.9 Å². The van der Waals surface area contributed by atoms with E-state index in [4.69, 9.17) is 9.26 Å². The number of nitrogens with zero attached hydrogens (tertiary/aromatic N) is 3. The monoisotopic (exact) mass is 364 g/mol. The molecule has 0 saturated heterocycles. The van der Waals surface area contributed by atoms with Gasteiger partial charge in [0.1, 0.15) is 11.4 Å². The van der Waals surface area contributed by atoms with Gasteiger partial charge in [-0.25, -0.2) is 4.39 Å². The van der Waals surface area contributed by atoms with Crippen molar-refractivity contribution in [3.05, 3.63) is 41.6 Å². The zero-order valence-electron chi connectivity index (χ0n) is 14.9. The molecule has 26 heavy (non-hydrogen) atoms. The summed E-state index contributed by atoms with van der Waals surface area (Å²) in [6.45, 7) is 5.30. The molecule has 0 unspecified atom stereocenters. The molecule has 0 spiro atoms. The van der Waals surface area contributed by atoms with Gasteiger partial charge in [0.2, 0.25) is 5.89 Å². The Hall–Kier alpha value is -2.84. The molecule has 2 aromatic rings. The van der Waals surface area contributed by atoms with Crippen LogP contribution in [0.3, 0.4) is 0 Å². The minimum absolute atomic E-state index is 0.0893. The Kier molecular flexibility index (Phi) is 6.37. The van der Waals surface area contributed by atoms with Gasteiger partial charge in [-0.3, -0.25) is 14.6 Å². The van der Waals surface area contributed by atoms with Crippen LogP contribution in [0.2, 0.25) is 0 Å². The summed E-state index contributed by atoms with van der Waals surface area (Å²) in [5.74, 6) is -1.34. The molecule has 2 aromatic heterocycles. The zero-order chi connectivity index (χ0) is 19.2. The Labute approximate surface area is 150 Å². The van der Waals surface area contributed by atoms with Crippen LogP contribution in [-0.2, 0) is 22.5 Å². The smallest absolute Gasteiger partial charge is 0.306 e. The first-order valence-corrected chi connectivity index (χ1v) is 8.16. The maximum atomic E-state index is 13.5. The number of carbonyl (C=O) groups excluding carboxylic acids is 2. The van der Waals surface area contributed by atoms with Crippen molar-refractivity contribution in [1.82, 2.24) is 20.4 Å². The number of esters is 1. The van der Waals surface area contributed by atoms with E-state index in [0.717, 1.165) is 0 Å². The van der Waals surface area contributed by atoms with Crippen molar-refractivity contribution in [2.75, 3.05) is 0 Å². The Balaban J connectivity index is 1.79. The van der Waals surface area contributed by atoms with Crippen molar-refractivity contribution in [2.24, 2.45) is 0 Å². The van der Waals surface area contributed by atoms with Crippen molar-refractivity contribution < 1.29 is 23.2 Å². The SMILES string of the molecule is CC(C)(C)OC(=O)CCCc1nc(C(=O)NCc2ncccc2F)no1. The van der Waals surface area contributed by atoms with Gasteiger partial charge in [-0.15, -0.1) is 0 Å². The van der Waals surface area contributed by atoms with Gasteiger partial charge in [0.05, 0.1) is 12.2 Å². The second-order valence-corrected chi connectivity index (χ2v) is 6.57. The van der Waals surface area contributed by atoms with Crippen LogP contribution in [-0.4, -0.2) is 32.6 Å². The molecule has 2 heterocycles. The summed E-state index contributed by atoms with van der Waals surface area (Å²) in [6.07, 6.45) is 2.44. The molecule has 0 aliphatic heterocycles. The lowest BCUT2D eigenvalue weighted by Crippen LogP contribution is -2.25. The molecule has 1 amide bonds. The first-order chi connectivity index (χ1) is 12.2. The number of hydrogen-bond acceptors (Lipinski definition) is 7. The van der Waals surface area contributed by atoms with Crippen LogP contribution >= 0.6 is 0 Å². The van der Waals surface area contributed by atoms with Crippen LogP contribution in [0.25, 0.3) is 0 Å². The van der Waals surface area contributed by atoms with E-state index in [9.17, 15) is 14.0 Å². The second kappa shape index (κ2) is 8.50. The lowest BCUT2D eigenvalue weighted by molar-refractivity contribution is -0.154. The standard InChI is InChI=1S/C17H21FN4O4/c1-17(2,3)25-14(23)8-4-7-13-21-15(22-26-13)16(24)20-10-12-11(18)6-5-9-19-12/h5-6,9H,4,7-8,10H2,1-3H3,(H,20,24). The van der Waals surface area contributed by atoms with E-state index >= 15 is 0 Å². The fourth-order valence-electron chi connectivity index (χ4n) is 2.02. The first-order valence-electron chi connectivity index (χ1n) is 8.16. The predicted molar refractivity (Wildman–Crippen MR) is 88.4 cm³/mol. The van der Waals surface area contributed by atoms with Gasteiger partial charge in [-0.1, -0.05) is 5.16 Å². The number of ether oxygens (including phenoxy) is 1. The number of carbonyl (C=O) groups is 2. The van der Waals surface area contributed by atoms with Crippen molar-refractivity contribution in [3.8, 4) is 0 Å². The molecule has 0 radical (unpaired) electrons. The summed E-state index contributed by atoms with van der Waals surface area (Å²) in [5.41, 5.74) is -0.415. The molecule has 1 N–H and O–H groups in total. The fourth-order valence-corrected chi connectivity index (χ4v) is 2.02. The Bertz CT molecular complexity index is 770. The van der Waals surface area contributed by atoms with E-state index in [1.54, 1.807) is 20.8 Å².